The van der Waals surface area contributed by atoms with E-state index in [-0.39, 0.29) is 25.4 Å². The van der Waals surface area contributed by atoms with E-state index in [1.54, 1.807) is 6.08 Å². The quantitative estimate of drug-likeness (QED) is 0.249. The Labute approximate surface area is 200 Å². The second kappa shape index (κ2) is 13.2. The normalized spacial score (nSPS) is 12.5. The molecule has 1 aromatic carbocycles. The Morgan fingerprint density at radius 3 is 2.56 bits per heavy atom. The van der Waals surface area contributed by atoms with Crippen molar-refractivity contribution in [1.29, 1.82) is 0 Å². The van der Waals surface area contributed by atoms with Gasteiger partial charge in [-0.15, -0.1) is 13.2 Å². The molecule has 9 nitrogen and oxygen atoms in total. The zero-order valence-electron chi connectivity index (χ0n) is 19.7. The van der Waals surface area contributed by atoms with Gasteiger partial charge in [-0.2, -0.15) is 0 Å². The van der Waals surface area contributed by atoms with Crippen LogP contribution < -0.4 is 16.4 Å². The highest BCUT2D eigenvalue weighted by Crippen LogP contribution is 2.22. The number of benzene rings is 1. The summed E-state index contributed by atoms with van der Waals surface area (Å²) < 4.78 is 1.97. The van der Waals surface area contributed by atoms with Gasteiger partial charge in [0.15, 0.2) is 0 Å². The molecule has 0 saturated heterocycles. The average molecular weight is 470 g/mol. The lowest BCUT2D eigenvalue weighted by atomic mass is 10.0. The maximum absolute atomic E-state index is 13.3. The van der Waals surface area contributed by atoms with Gasteiger partial charge in [0.2, 0.25) is 11.8 Å². The van der Waals surface area contributed by atoms with Crippen LogP contribution in [-0.4, -0.2) is 64.2 Å². The molecule has 34 heavy (non-hydrogen) atoms. The van der Waals surface area contributed by atoms with Crippen molar-refractivity contribution < 1.29 is 19.5 Å². The minimum atomic E-state index is -1.23. The first-order valence-corrected chi connectivity index (χ1v) is 11.4. The SMILES string of the molecule is C=CCNC(=O)[C@H](Cc1cn(C)c2ccccc12)NC(=O)[C@H](CCCCN)N(CC=C)C(=O)O. The maximum Gasteiger partial charge on any atom is 0.408 e. The summed E-state index contributed by atoms with van der Waals surface area (Å²) in [6, 6.07) is 5.95. The van der Waals surface area contributed by atoms with Crippen molar-refractivity contribution in [2.45, 2.75) is 37.8 Å². The van der Waals surface area contributed by atoms with Gasteiger partial charge in [-0.25, -0.2) is 4.79 Å². The molecule has 0 unspecified atom stereocenters. The number of carbonyl (C=O) groups excluding carboxylic acids is 2. The third-order valence-corrected chi connectivity index (χ3v) is 5.64. The number of fused-ring (bicyclic) bond motifs is 1. The monoisotopic (exact) mass is 469 g/mol. The number of aromatic nitrogens is 1. The van der Waals surface area contributed by atoms with E-state index in [0.717, 1.165) is 21.4 Å². The Morgan fingerprint density at radius 2 is 1.91 bits per heavy atom. The molecule has 2 atom stereocenters. The van der Waals surface area contributed by atoms with Crippen LogP contribution in [0.15, 0.2) is 55.8 Å². The van der Waals surface area contributed by atoms with Crippen LogP contribution >= 0.6 is 0 Å². The fraction of sp³-hybridized carbons (Fsp3) is 0.400. The highest BCUT2D eigenvalue weighted by molar-refractivity contribution is 5.92. The van der Waals surface area contributed by atoms with Crippen LogP contribution in [0.2, 0.25) is 0 Å². The molecule has 0 radical (unpaired) electrons. The molecule has 2 aromatic rings. The summed E-state index contributed by atoms with van der Waals surface area (Å²) in [5, 5.41) is 16.2. The van der Waals surface area contributed by atoms with Crippen LogP contribution in [0.5, 0.6) is 0 Å². The summed E-state index contributed by atoms with van der Waals surface area (Å²) in [5.41, 5.74) is 7.49. The van der Waals surface area contributed by atoms with Gasteiger partial charge in [0, 0.05) is 43.7 Å². The highest BCUT2D eigenvalue weighted by atomic mass is 16.4. The fourth-order valence-electron chi connectivity index (χ4n) is 3.97. The van der Waals surface area contributed by atoms with Gasteiger partial charge in [-0.1, -0.05) is 30.4 Å². The molecule has 0 bridgehead atoms. The predicted octanol–water partition coefficient (Wildman–Crippen LogP) is 2.17. The first-order valence-electron chi connectivity index (χ1n) is 11.4. The van der Waals surface area contributed by atoms with Crippen molar-refractivity contribution >= 4 is 28.8 Å². The molecule has 3 amide bonds. The number of unbranched alkanes of at least 4 members (excludes halogenated alkanes) is 1. The number of nitrogens with two attached hydrogens (primary N) is 1. The van der Waals surface area contributed by atoms with Crippen LogP contribution in [0.3, 0.4) is 0 Å². The molecule has 0 fully saturated rings. The van der Waals surface area contributed by atoms with Crippen molar-refractivity contribution in [3.05, 3.63) is 61.3 Å². The standard InChI is InChI=1S/C25H35N5O4/c1-4-14-27-23(31)20(16-18-17-29(3)21-11-7-6-10-19(18)21)28-24(32)22(12-8-9-13-26)30(15-5-2)25(33)34/h4-7,10-11,17,20,22H,1-2,8-9,12-16,26H2,3H3,(H,27,31)(H,28,32)(H,33,34)/t20-,22-/m0/s1. The Morgan fingerprint density at radius 1 is 1.18 bits per heavy atom. The minimum absolute atomic E-state index is 0.00725. The number of carboxylic acid groups (broad SMARTS) is 1. The number of hydrogen-bond donors (Lipinski definition) is 4. The number of hydrogen-bond acceptors (Lipinski definition) is 4. The van der Waals surface area contributed by atoms with E-state index in [9.17, 15) is 19.5 Å². The van der Waals surface area contributed by atoms with E-state index in [1.807, 2.05) is 42.1 Å². The van der Waals surface area contributed by atoms with E-state index in [4.69, 9.17) is 5.73 Å². The largest absolute Gasteiger partial charge is 0.465 e. The Kier molecular flexibility index (Phi) is 10.3. The van der Waals surface area contributed by atoms with Crippen LogP contribution in [0.4, 0.5) is 4.79 Å². The molecule has 9 heteroatoms. The van der Waals surface area contributed by atoms with Gasteiger partial charge in [0.1, 0.15) is 12.1 Å². The number of nitrogens with one attached hydrogen (secondary N) is 2. The molecule has 0 saturated carbocycles. The van der Waals surface area contributed by atoms with Crippen molar-refractivity contribution in [3.63, 3.8) is 0 Å². The van der Waals surface area contributed by atoms with Gasteiger partial charge in [0.25, 0.3) is 0 Å². The van der Waals surface area contributed by atoms with Gasteiger partial charge < -0.3 is 26.0 Å². The smallest absolute Gasteiger partial charge is 0.408 e. The Hall–Kier alpha value is -3.59. The van der Waals surface area contributed by atoms with E-state index < -0.39 is 24.1 Å². The lowest BCUT2D eigenvalue weighted by Crippen LogP contribution is -2.55. The summed E-state index contributed by atoms with van der Waals surface area (Å²) >= 11 is 0. The van der Waals surface area contributed by atoms with Crippen molar-refractivity contribution in [1.82, 2.24) is 20.1 Å². The highest BCUT2D eigenvalue weighted by Gasteiger charge is 2.32. The fourth-order valence-corrected chi connectivity index (χ4v) is 3.97. The number of rotatable bonds is 14. The third kappa shape index (κ3) is 6.95. The summed E-state index contributed by atoms with van der Waals surface area (Å²) in [4.78, 5) is 39.2. The number of para-hydroxylation sites is 1. The Bertz CT molecular complexity index is 1020. The first-order chi connectivity index (χ1) is 16.3. The lowest BCUT2D eigenvalue weighted by molar-refractivity contribution is -0.131. The molecule has 2 rings (SSSR count). The molecule has 184 valence electrons. The van der Waals surface area contributed by atoms with Gasteiger partial charge in [0.05, 0.1) is 0 Å². The van der Waals surface area contributed by atoms with Crippen LogP contribution in [0.1, 0.15) is 24.8 Å². The summed E-state index contributed by atoms with van der Waals surface area (Å²) in [5.74, 6) is -0.896. The molecule has 5 N–H and O–H groups in total. The zero-order valence-corrected chi connectivity index (χ0v) is 19.7. The average Bonchev–Trinajstić information content (AvgIpc) is 3.14. The minimum Gasteiger partial charge on any atom is -0.465 e. The third-order valence-electron chi connectivity index (χ3n) is 5.64. The summed E-state index contributed by atoms with van der Waals surface area (Å²) in [6.07, 6.45) is 5.47. The molecule has 0 aliphatic heterocycles. The number of amides is 3. The zero-order chi connectivity index (χ0) is 25.1. The second-order valence-corrected chi connectivity index (χ2v) is 8.11. The Balaban J connectivity index is 2.33. The van der Waals surface area contributed by atoms with E-state index in [2.05, 4.69) is 23.8 Å². The molecule has 1 heterocycles. The summed E-state index contributed by atoms with van der Waals surface area (Å²) in [7, 11) is 1.92. The number of nitrogens with zero attached hydrogens (tertiary/aromatic N) is 2. The van der Waals surface area contributed by atoms with Crippen LogP contribution in [0.25, 0.3) is 10.9 Å². The van der Waals surface area contributed by atoms with E-state index >= 15 is 0 Å². The number of aryl methyl sites for hydroxylation is 1. The molecule has 1 aromatic heterocycles. The lowest BCUT2D eigenvalue weighted by Gasteiger charge is -2.29. The van der Waals surface area contributed by atoms with Gasteiger partial charge in [-0.05, 0) is 37.4 Å². The van der Waals surface area contributed by atoms with Crippen LogP contribution in [-0.2, 0) is 23.1 Å². The first kappa shape index (κ1) is 26.7. The summed E-state index contributed by atoms with van der Waals surface area (Å²) in [6.45, 7) is 7.90. The van der Waals surface area contributed by atoms with Crippen molar-refractivity contribution in [2.24, 2.45) is 12.8 Å². The van der Waals surface area contributed by atoms with E-state index in [0.29, 0.717) is 25.8 Å². The molecule has 0 aliphatic carbocycles. The topological polar surface area (TPSA) is 130 Å². The molecule has 0 spiro atoms. The second-order valence-electron chi connectivity index (χ2n) is 8.11. The molecule has 0 aliphatic rings. The van der Waals surface area contributed by atoms with E-state index in [1.165, 1.54) is 6.08 Å². The van der Waals surface area contributed by atoms with Crippen molar-refractivity contribution in [2.75, 3.05) is 19.6 Å². The van der Waals surface area contributed by atoms with Crippen LogP contribution in [0, 0.1) is 0 Å². The molecular formula is C25H35N5O4. The van der Waals surface area contributed by atoms with Crippen molar-refractivity contribution in [3.8, 4) is 0 Å². The van der Waals surface area contributed by atoms with Gasteiger partial charge >= 0.3 is 6.09 Å². The predicted molar refractivity (Wildman–Crippen MR) is 133 cm³/mol. The molecular weight excluding hydrogens is 434 g/mol. The maximum atomic E-state index is 13.3. The number of carbonyl (C=O) groups is 3. The van der Waals surface area contributed by atoms with Gasteiger partial charge in [-0.3, -0.25) is 14.5 Å².